The highest BCUT2D eigenvalue weighted by Gasteiger charge is 2.32. The van der Waals surface area contributed by atoms with Crippen molar-refractivity contribution in [2.75, 3.05) is 0 Å². The van der Waals surface area contributed by atoms with Crippen molar-refractivity contribution >= 4 is 16.1 Å². The highest BCUT2D eigenvalue weighted by molar-refractivity contribution is 7.87. The van der Waals surface area contributed by atoms with E-state index in [4.69, 9.17) is 9.29 Å². The lowest BCUT2D eigenvalue weighted by Gasteiger charge is -2.21. The Hall–Kier alpha value is -0.880. The minimum Gasteiger partial charge on any atom is -0.459 e. The van der Waals surface area contributed by atoms with Gasteiger partial charge in [0.2, 0.25) is 5.25 Å². The van der Waals surface area contributed by atoms with Gasteiger partial charge in [0, 0.05) is 0 Å². The third-order valence-electron chi connectivity index (χ3n) is 1.17. The van der Waals surface area contributed by atoms with Crippen LogP contribution in [0.1, 0.15) is 20.8 Å². The molecule has 14 heavy (non-hydrogen) atoms. The van der Waals surface area contributed by atoms with Gasteiger partial charge >= 0.3 is 5.97 Å². The molecule has 0 saturated carbocycles. The Kier molecular flexibility index (Phi) is 3.84. The second kappa shape index (κ2) is 4.10. The lowest BCUT2D eigenvalue weighted by atomic mass is 10.2. The average Bonchev–Trinajstić information content (AvgIpc) is 1.79. The fraction of sp³-hybridized carbons (Fsp3) is 0.625. The van der Waals surface area contributed by atoms with E-state index >= 15 is 0 Å². The van der Waals surface area contributed by atoms with Crippen LogP contribution in [-0.2, 0) is 19.6 Å². The van der Waals surface area contributed by atoms with Crippen molar-refractivity contribution in [2.45, 2.75) is 31.6 Å². The molecule has 0 aromatic heterocycles. The van der Waals surface area contributed by atoms with Crippen LogP contribution >= 0.6 is 0 Å². The van der Waals surface area contributed by atoms with E-state index in [1.165, 1.54) is 0 Å². The largest absolute Gasteiger partial charge is 0.459 e. The van der Waals surface area contributed by atoms with Gasteiger partial charge in [-0.3, -0.25) is 9.35 Å². The molecule has 0 spiro atoms. The van der Waals surface area contributed by atoms with E-state index in [-0.39, 0.29) is 0 Å². The van der Waals surface area contributed by atoms with Crippen molar-refractivity contribution in [3.8, 4) is 0 Å². The first-order valence-corrected chi connectivity index (χ1v) is 5.40. The van der Waals surface area contributed by atoms with Crippen molar-refractivity contribution in [3.63, 3.8) is 0 Å². The van der Waals surface area contributed by atoms with Crippen molar-refractivity contribution < 1.29 is 22.5 Å². The lowest BCUT2D eigenvalue weighted by Crippen LogP contribution is -2.35. The van der Waals surface area contributed by atoms with Crippen LogP contribution in [0, 0.1) is 0 Å². The fourth-order valence-corrected chi connectivity index (χ4v) is 1.23. The van der Waals surface area contributed by atoms with Crippen molar-refractivity contribution in [1.82, 2.24) is 0 Å². The predicted octanol–water partition coefficient (Wildman–Crippen LogP) is 0.770. The van der Waals surface area contributed by atoms with Gasteiger partial charge in [-0.1, -0.05) is 6.08 Å². The number of ether oxygens (including phenoxy) is 1. The fourth-order valence-electron chi connectivity index (χ4n) is 0.699. The number of rotatable bonds is 3. The Bertz CT molecular complexity index is 322. The zero-order valence-electron chi connectivity index (χ0n) is 8.35. The number of carbonyl (C=O) groups is 1. The molecule has 5 nitrogen and oxygen atoms in total. The Morgan fingerprint density at radius 3 is 2.14 bits per heavy atom. The van der Waals surface area contributed by atoms with Gasteiger partial charge in [-0.05, 0) is 20.8 Å². The molecule has 1 atom stereocenters. The molecule has 0 aliphatic rings. The van der Waals surface area contributed by atoms with Gasteiger partial charge in [0.25, 0.3) is 10.1 Å². The molecule has 0 aliphatic carbocycles. The van der Waals surface area contributed by atoms with Crippen LogP contribution < -0.4 is 0 Å². The van der Waals surface area contributed by atoms with Gasteiger partial charge in [0.1, 0.15) is 5.60 Å². The summed E-state index contributed by atoms with van der Waals surface area (Å²) in [6, 6.07) is 0. The summed E-state index contributed by atoms with van der Waals surface area (Å²) in [6.07, 6.45) is 0.823. The van der Waals surface area contributed by atoms with Crippen LogP contribution in [0.2, 0.25) is 0 Å². The monoisotopic (exact) mass is 222 g/mol. The molecule has 0 radical (unpaired) electrons. The van der Waals surface area contributed by atoms with Gasteiger partial charge in [0.15, 0.2) is 0 Å². The van der Waals surface area contributed by atoms with Crippen molar-refractivity contribution in [2.24, 2.45) is 0 Å². The third-order valence-corrected chi connectivity index (χ3v) is 2.20. The maximum absolute atomic E-state index is 11.2. The van der Waals surface area contributed by atoms with Crippen molar-refractivity contribution in [3.05, 3.63) is 12.7 Å². The highest BCUT2D eigenvalue weighted by atomic mass is 32.2. The number of hydrogen-bond acceptors (Lipinski definition) is 4. The van der Waals surface area contributed by atoms with Crippen LogP contribution in [0.25, 0.3) is 0 Å². The standard InChI is InChI=1S/C8H14O5S/c1-5-6(14(10,11)12)7(9)13-8(2,3)4/h5-6H,1H2,2-4H3,(H,10,11,12). The Balaban J connectivity index is 4.76. The summed E-state index contributed by atoms with van der Waals surface area (Å²) in [7, 11) is -4.48. The zero-order valence-corrected chi connectivity index (χ0v) is 9.17. The van der Waals surface area contributed by atoms with E-state index in [1.54, 1.807) is 20.8 Å². The van der Waals surface area contributed by atoms with E-state index in [9.17, 15) is 13.2 Å². The molecule has 1 unspecified atom stereocenters. The van der Waals surface area contributed by atoms with Crippen LogP contribution in [0.3, 0.4) is 0 Å². The molecule has 0 bridgehead atoms. The maximum Gasteiger partial charge on any atom is 0.331 e. The van der Waals surface area contributed by atoms with Gasteiger partial charge in [-0.15, -0.1) is 6.58 Å². The maximum atomic E-state index is 11.2. The van der Waals surface area contributed by atoms with Gasteiger partial charge in [-0.25, -0.2) is 0 Å². The van der Waals surface area contributed by atoms with Gasteiger partial charge in [-0.2, -0.15) is 8.42 Å². The third kappa shape index (κ3) is 4.38. The normalized spacial score (nSPS) is 14.6. The Morgan fingerprint density at radius 2 is 1.93 bits per heavy atom. The summed E-state index contributed by atoms with van der Waals surface area (Å²) < 4.78 is 34.8. The average molecular weight is 222 g/mol. The molecule has 0 amide bonds. The predicted molar refractivity (Wildman–Crippen MR) is 51.4 cm³/mol. The molecule has 0 fully saturated rings. The van der Waals surface area contributed by atoms with Gasteiger partial charge in [0.05, 0.1) is 0 Å². The number of esters is 1. The smallest absolute Gasteiger partial charge is 0.331 e. The van der Waals surface area contributed by atoms with Crippen LogP contribution in [0.4, 0.5) is 0 Å². The number of carbonyl (C=O) groups excluding carboxylic acids is 1. The summed E-state index contributed by atoms with van der Waals surface area (Å²) in [5.41, 5.74) is -0.803. The summed E-state index contributed by atoms with van der Waals surface area (Å²) >= 11 is 0. The Labute approximate surface area is 83.5 Å². The van der Waals surface area contributed by atoms with E-state index in [2.05, 4.69) is 6.58 Å². The van der Waals surface area contributed by atoms with E-state index in [0.29, 0.717) is 0 Å². The molecule has 6 heteroatoms. The molecule has 0 heterocycles. The molecular formula is C8H14O5S. The number of hydrogen-bond donors (Lipinski definition) is 1. The first-order valence-electron chi connectivity index (χ1n) is 3.89. The molecule has 0 aromatic carbocycles. The van der Waals surface area contributed by atoms with Crippen LogP contribution in [0.15, 0.2) is 12.7 Å². The first kappa shape index (κ1) is 13.1. The molecule has 0 aromatic rings. The topological polar surface area (TPSA) is 80.7 Å². The minimum atomic E-state index is -4.48. The zero-order chi connectivity index (χ0) is 11.6. The quantitative estimate of drug-likeness (QED) is 0.433. The molecule has 1 N–H and O–H groups in total. The highest BCUT2D eigenvalue weighted by Crippen LogP contribution is 2.12. The van der Waals surface area contributed by atoms with E-state index in [1.807, 2.05) is 0 Å². The Morgan fingerprint density at radius 1 is 1.50 bits per heavy atom. The van der Waals surface area contributed by atoms with Crippen LogP contribution in [-0.4, -0.2) is 29.8 Å². The van der Waals surface area contributed by atoms with E-state index in [0.717, 1.165) is 6.08 Å². The minimum absolute atomic E-state index is 0.803. The first-order chi connectivity index (χ1) is 6.08. The summed E-state index contributed by atoms with van der Waals surface area (Å²) in [5, 5.41) is -1.72. The van der Waals surface area contributed by atoms with Gasteiger partial charge < -0.3 is 4.74 Å². The SMILES string of the molecule is C=CC(C(=O)OC(C)(C)C)S(=O)(=O)O. The summed E-state index contributed by atoms with van der Waals surface area (Å²) in [4.78, 5) is 11.2. The molecule has 0 saturated heterocycles. The second-order valence-corrected chi connectivity index (χ2v) is 5.24. The summed E-state index contributed by atoms with van der Waals surface area (Å²) in [5.74, 6) is -1.03. The van der Waals surface area contributed by atoms with Crippen molar-refractivity contribution in [1.29, 1.82) is 0 Å². The molecule has 0 rings (SSSR count). The van der Waals surface area contributed by atoms with E-state index < -0.39 is 26.9 Å². The second-order valence-electron chi connectivity index (χ2n) is 3.70. The summed E-state index contributed by atoms with van der Waals surface area (Å²) in [6.45, 7) is 7.92. The molecule has 0 aliphatic heterocycles. The molecule has 82 valence electrons. The molecular weight excluding hydrogens is 208 g/mol. The van der Waals surface area contributed by atoms with Crippen LogP contribution in [0.5, 0.6) is 0 Å². The lowest BCUT2D eigenvalue weighted by molar-refractivity contribution is -0.153.